The van der Waals surface area contributed by atoms with Gasteiger partial charge in [-0.15, -0.1) is 0 Å². The van der Waals surface area contributed by atoms with Crippen molar-refractivity contribution in [3.05, 3.63) is 51.0 Å². The Bertz CT molecular complexity index is 574. The van der Waals surface area contributed by atoms with E-state index < -0.39 is 4.92 Å². The number of hydrogen-bond donors (Lipinski definition) is 2. The van der Waals surface area contributed by atoms with Crippen LogP contribution in [0.3, 0.4) is 0 Å². The van der Waals surface area contributed by atoms with Crippen LogP contribution in [-0.2, 0) is 6.54 Å². The first-order chi connectivity index (χ1) is 8.16. The second-order valence-corrected chi connectivity index (χ2v) is 3.68. The number of aromatic amines is 1. The van der Waals surface area contributed by atoms with Gasteiger partial charge >= 0.3 is 0 Å². The SMILES string of the molecule is O=[N+]([O-])c1ccc(CNn2cn[nH]c2=S)cc1. The van der Waals surface area contributed by atoms with E-state index in [1.165, 1.54) is 18.5 Å². The molecule has 0 radical (unpaired) electrons. The summed E-state index contributed by atoms with van der Waals surface area (Å²) in [6.07, 6.45) is 1.52. The molecule has 2 N–H and O–H groups in total. The van der Waals surface area contributed by atoms with Crippen LogP contribution < -0.4 is 5.43 Å². The van der Waals surface area contributed by atoms with E-state index in [4.69, 9.17) is 12.2 Å². The first kappa shape index (κ1) is 11.3. The molecule has 2 rings (SSSR count). The van der Waals surface area contributed by atoms with Gasteiger partial charge in [0.15, 0.2) is 0 Å². The van der Waals surface area contributed by atoms with Gasteiger partial charge in [0, 0.05) is 12.1 Å². The molecule has 1 aromatic heterocycles. The van der Waals surface area contributed by atoms with Gasteiger partial charge in [0.05, 0.1) is 11.5 Å². The highest BCUT2D eigenvalue weighted by molar-refractivity contribution is 7.71. The minimum atomic E-state index is -0.427. The standard InChI is InChI=1S/C9H9N5O2S/c15-14(16)8-3-1-7(2-4-8)5-11-13-6-10-12-9(13)17/h1-4,6,11H,5H2,(H,12,17). The number of nitro groups is 1. The number of nitro benzene ring substituents is 1. The summed E-state index contributed by atoms with van der Waals surface area (Å²) in [6.45, 7) is 0.506. The molecule has 0 spiro atoms. The molecule has 0 aliphatic heterocycles. The van der Waals surface area contributed by atoms with Crippen LogP contribution in [0.15, 0.2) is 30.6 Å². The number of H-pyrrole nitrogens is 1. The Kier molecular flexibility index (Phi) is 3.15. The Labute approximate surface area is 101 Å². The lowest BCUT2D eigenvalue weighted by atomic mass is 10.2. The van der Waals surface area contributed by atoms with Crippen molar-refractivity contribution in [3.63, 3.8) is 0 Å². The number of nitrogens with one attached hydrogen (secondary N) is 2. The number of rotatable bonds is 4. The highest BCUT2D eigenvalue weighted by atomic mass is 32.1. The fourth-order valence-corrected chi connectivity index (χ4v) is 1.44. The lowest BCUT2D eigenvalue weighted by molar-refractivity contribution is -0.384. The zero-order chi connectivity index (χ0) is 12.3. The largest absolute Gasteiger partial charge is 0.318 e. The molecule has 0 amide bonds. The summed E-state index contributed by atoms with van der Waals surface area (Å²) >= 11 is 4.95. The van der Waals surface area contributed by atoms with Gasteiger partial charge in [0.2, 0.25) is 4.77 Å². The average Bonchev–Trinajstić information content (AvgIpc) is 2.73. The van der Waals surface area contributed by atoms with Gasteiger partial charge in [0.25, 0.3) is 5.69 Å². The average molecular weight is 251 g/mol. The number of hydrogen-bond acceptors (Lipinski definition) is 5. The Morgan fingerprint density at radius 2 is 2.18 bits per heavy atom. The van der Waals surface area contributed by atoms with Crippen molar-refractivity contribution in [3.8, 4) is 0 Å². The molecule has 0 aliphatic carbocycles. The first-order valence-electron chi connectivity index (χ1n) is 4.76. The normalized spacial score (nSPS) is 10.1. The Balaban J connectivity index is 2.03. The maximum Gasteiger partial charge on any atom is 0.269 e. The Morgan fingerprint density at radius 1 is 1.47 bits per heavy atom. The van der Waals surface area contributed by atoms with Crippen LogP contribution >= 0.6 is 12.2 Å². The molecule has 2 aromatic rings. The molecule has 8 heteroatoms. The predicted octanol–water partition coefficient (Wildman–Crippen LogP) is 1.59. The lowest BCUT2D eigenvalue weighted by Gasteiger charge is -2.05. The molecule has 1 heterocycles. The second kappa shape index (κ2) is 4.74. The maximum absolute atomic E-state index is 10.5. The van der Waals surface area contributed by atoms with Crippen molar-refractivity contribution in [2.75, 3.05) is 5.43 Å². The molecule has 88 valence electrons. The smallest absolute Gasteiger partial charge is 0.269 e. The summed E-state index contributed by atoms with van der Waals surface area (Å²) in [7, 11) is 0. The molecule has 1 aromatic carbocycles. The predicted molar refractivity (Wildman–Crippen MR) is 63.6 cm³/mol. The van der Waals surface area contributed by atoms with E-state index >= 15 is 0 Å². The van der Waals surface area contributed by atoms with Gasteiger partial charge in [-0.1, -0.05) is 12.1 Å². The van der Waals surface area contributed by atoms with Crippen LogP contribution in [0.4, 0.5) is 5.69 Å². The van der Waals surface area contributed by atoms with E-state index in [-0.39, 0.29) is 5.69 Å². The van der Waals surface area contributed by atoms with Gasteiger partial charge in [-0.3, -0.25) is 15.2 Å². The number of nitrogens with zero attached hydrogens (tertiary/aromatic N) is 3. The molecule has 0 bridgehead atoms. The van der Waals surface area contributed by atoms with Crippen molar-refractivity contribution in [1.82, 2.24) is 14.9 Å². The van der Waals surface area contributed by atoms with E-state index in [0.717, 1.165) is 5.56 Å². The monoisotopic (exact) mass is 251 g/mol. The third kappa shape index (κ3) is 2.67. The fourth-order valence-electron chi connectivity index (χ4n) is 1.27. The molecule has 0 saturated carbocycles. The highest BCUT2D eigenvalue weighted by Crippen LogP contribution is 2.11. The van der Waals surface area contributed by atoms with E-state index in [0.29, 0.717) is 11.3 Å². The quantitative estimate of drug-likeness (QED) is 0.489. The van der Waals surface area contributed by atoms with Gasteiger partial charge < -0.3 is 5.43 Å². The highest BCUT2D eigenvalue weighted by Gasteiger charge is 2.03. The third-order valence-corrected chi connectivity index (χ3v) is 2.44. The second-order valence-electron chi connectivity index (χ2n) is 3.29. The zero-order valence-electron chi connectivity index (χ0n) is 8.66. The van der Waals surface area contributed by atoms with Gasteiger partial charge in [-0.25, -0.2) is 4.68 Å². The summed E-state index contributed by atoms with van der Waals surface area (Å²) in [5, 5.41) is 16.8. The van der Waals surface area contributed by atoms with Gasteiger partial charge in [-0.05, 0) is 17.8 Å². The van der Waals surface area contributed by atoms with Gasteiger partial charge in [0.1, 0.15) is 6.33 Å². The fraction of sp³-hybridized carbons (Fsp3) is 0.111. The van der Waals surface area contributed by atoms with Crippen molar-refractivity contribution in [2.24, 2.45) is 0 Å². The van der Waals surface area contributed by atoms with Crippen LogP contribution in [0.1, 0.15) is 5.56 Å². The third-order valence-electron chi connectivity index (χ3n) is 2.15. The van der Waals surface area contributed by atoms with Crippen LogP contribution in [0.25, 0.3) is 0 Å². The molecule has 0 aliphatic rings. The van der Waals surface area contributed by atoms with Crippen LogP contribution in [-0.4, -0.2) is 19.8 Å². The summed E-state index contributed by atoms with van der Waals surface area (Å²) in [6, 6.07) is 6.31. The molecule has 17 heavy (non-hydrogen) atoms. The topological polar surface area (TPSA) is 88.8 Å². The van der Waals surface area contributed by atoms with Crippen LogP contribution in [0, 0.1) is 14.9 Å². The van der Waals surface area contributed by atoms with E-state index in [9.17, 15) is 10.1 Å². The minimum absolute atomic E-state index is 0.0775. The van der Waals surface area contributed by atoms with E-state index in [1.54, 1.807) is 16.8 Å². The molecular formula is C9H9N5O2S. The Hall–Kier alpha value is -2.22. The molecule has 0 unspecified atom stereocenters. The van der Waals surface area contributed by atoms with Crippen molar-refractivity contribution >= 4 is 17.9 Å². The maximum atomic E-state index is 10.5. The first-order valence-corrected chi connectivity index (χ1v) is 5.17. The van der Waals surface area contributed by atoms with Crippen LogP contribution in [0.5, 0.6) is 0 Å². The number of non-ortho nitro benzene ring substituents is 1. The number of aromatic nitrogens is 3. The molecule has 0 fully saturated rings. The lowest BCUT2D eigenvalue weighted by Crippen LogP contribution is -2.13. The zero-order valence-corrected chi connectivity index (χ0v) is 9.48. The molecular weight excluding hydrogens is 242 g/mol. The van der Waals surface area contributed by atoms with E-state index in [1.807, 2.05) is 0 Å². The Morgan fingerprint density at radius 3 is 2.71 bits per heavy atom. The van der Waals surface area contributed by atoms with Crippen LogP contribution in [0.2, 0.25) is 0 Å². The van der Waals surface area contributed by atoms with Crippen molar-refractivity contribution < 1.29 is 4.92 Å². The summed E-state index contributed by atoms with van der Waals surface area (Å²) in [5.74, 6) is 0. The molecule has 0 saturated heterocycles. The molecule has 0 atom stereocenters. The summed E-state index contributed by atoms with van der Waals surface area (Å²) < 4.78 is 2.03. The van der Waals surface area contributed by atoms with E-state index in [2.05, 4.69) is 15.6 Å². The van der Waals surface area contributed by atoms with Crippen molar-refractivity contribution in [2.45, 2.75) is 6.54 Å². The molecule has 7 nitrogen and oxygen atoms in total. The van der Waals surface area contributed by atoms with Gasteiger partial charge in [-0.2, -0.15) is 5.10 Å². The minimum Gasteiger partial charge on any atom is -0.318 e. The summed E-state index contributed by atoms with van der Waals surface area (Å²) in [4.78, 5) is 10.0. The number of benzene rings is 1. The van der Waals surface area contributed by atoms with Crippen molar-refractivity contribution in [1.29, 1.82) is 0 Å². The summed E-state index contributed by atoms with van der Waals surface area (Å²) in [5.41, 5.74) is 4.00.